The van der Waals surface area contributed by atoms with Gasteiger partial charge >= 0.3 is 6.03 Å². The van der Waals surface area contributed by atoms with Gasteiger partial charge in [-0.15, -0.1) is 0 Å². The van der Waals surface area contributed by atoms with Crippen molar-refractivity contribution in [1.82, 2.24) is 5.32 Å². The zero-order valence-corrected chi connectivity index (χ0v) is 15.4. The SMILES string of the molecule is O=C(Nc1ccccc1)N[C@H](Sc1ccc(Cl)cc1)C(Cl)(Cl)Cl. The average molecular weight is 410 g/mol. The van der Waals surface area contributed by atoms with Gasteiger partial charge in [-0.3, -0.25) is 0 Å². The number of hydrogen-bond acceptors (Lipinski definition) is 2. The van der Waals surface area contributed by atoms with Crippen LogP contribution in [0.25, 0.3) is 0 Å². The molecule has 2 rings (SSSR count). The lowest BCUT2D eigenvalue weighted by Gasteiger charge is -2.25. The van der Waals surface area contributed by atoms with Crippen molar-refractivity contribution in [3.8, 4) is 0 Å². The van der Waals surface area contributed by atoms with E-state index in [1.807, 2.05) is 18.2 Å². The summed E-state index contributed by atoms with van der Waals surface area (Å²) in [6.07, 6.45) is 0. The number of halogens is 4. The molecule has 0 fully saturated rings. The standard InChI is InChI=1S/C15H12Cl4N2OS/c16-10-6-8-12(9-7-10)23-13(15(17,18)19)21-14(22)20-11-4-2-1-3-5-11/h1-9,13H,(H2,20,21,22)/t13-/m1/s1. The molecular weight excluding hydrogens is 398 g/mol. The van der Waals surface area contributed by atoms with E-state index in [1.165, 1.54) is 11.8 Å². The highest BCUT2D eigenvalue weighted by atomic mass is 35.6. The molecule has 0 radical (unpaired) electrons. The fourth-order valence-electron chi connectivity index (χ4n) is 1.64. The number of carbonyl (C=O) groups is 1. The van der Waals surface area contributed by atoms with Crippen molar-refractivity contribution in [3.05, 3.63) is 59.6 Å². The summed E-state index contributed by atoms with van der Waals surface area (Å²) < 4.78 is -1.68. The fraction of sp³-hybridized carbons (Fsp3) is 0.133. The number of anilines is 1. The van der Waals surface area contributed by atoms with Crippen LogP contribution in [0, 0.1) is 0 Å². The molecule has 0 saturated heterocycles. The van der Waals surface area contributed by atoms with E-state index in [9.17, 15) is 4.79 Å². The zero-order valence-electron chi connectivity index (χ0n) is 11.6. The van der Waals surface area contributed by atoms with Crippen molar-refractivity contribution in [1.29, 1.82) is 0 Å². The summed E-state index contributed by atoms with van der Waals surface area (Å²) in [5.74, 6) is 0. The van der Waals surface area contributed by atoms with Crippen LogP contribution in [0.4, 0.5) is 10.5 Å². The Labute approximate surface area is 158 Å². The van der Waals surface area contributed by atoms with Gasteiger partial charge in [-0.05, 0) is 36.4 Å². The average Bonchev–Trinajstić information content (AvgIpc) is 2.49. The lowest BCUT2D eigenvalue weighted by molar-refractivity contribution is 0.251. The number of thioether (sulfide) groups is 1. The number of benzene rings is 2. The van der Waals surface area contributed by atoms with Crippen molar-refractivity contribution >= 4 is 69.9 Å². The molecule has 0 heterocycles. The molecule has 8 heteroatoms. The number of urea groups is 1. The van der Waals surface area contributed by atoms with E-state index in [2.05, 4.69) is 10.6 Å². The molecule has 122 valence electrons. The minimum atomic E-state index is -1.68. The molecule has 3 nitrogen and oxygen atoms in total. The van der Waals surface area contributed by atoms with E-state index in [0.29, 0.717) is 10.7 Å². The van der Waals surface area contributed by atoms with Crippen LogP contribution in [0.1, 0.15) is 0 Å². The van der Waals surface area contributed by atoms with Gasteiger partial charge in [0.1, 0.15) is 5.37 Å². The monoisotopic (exact) mass is 408 g/mol. The van der Waals surface area contributed by atoms with E-state index in [-0.39, 0.29) is 0 Å². The van der Waals surface area contributed by atoms with Crippen LogP contribution in [-0.4, -0.2) is 15.2 Å². The van der Waals surface area contributed by atoms with E-state index in [4.69, 9.17) is 46.4 Å². The number of amides is 2. The van der Waals surface area contributed by atoms with E-state index in [0.717, 1.165) is 4.90 Å². The third-order valence-electron chi connectivity index (χ3n) is 2.66. The van der Waals surface area contributed by atoms with Gasteiger partial charge in [-0.2, -0.15) is 0 Å². The maximum atomic E-state index is 12.1. The van der Waals surface area contributed by atoms with Crippen LogP contribution in [0.15, 0.2) is 59.5 Å². The van der Waals surface area contributed by atoms with Crippen LogP contribution in [0.5, 0.6) is 0 Å². The Morgan fingerprint density at radius 3 is 2.17 bits per heavy atom. The molecule has 0 bridgehead atoms. The second-order valence-electron chi connectivity index (χ2n) is 4.46. The minimum absolute atomic E-state index is 0.464. The highest BCUT2D eigenvalue weighted by Gasteiger charge is 2.35. The summed E-state index contributed by atoms with van der Waals surface area (Å²) in [5.41, 5.74) is 0.643. The predicted molar refractivity (Wildman–Crippen MR) is 100.0 cm³/mol. The number of para-hydroxylation sites is 1. The van der Waals surface area contributed by atoms with Gasteiger partial charge in [-0.1, -0.05) is 76.4 Å². The molecule has 0 spiro atoms. The van der Waals surface area contributed by atoms with Crippen molar-refractivity contribution in [3.63, 3.8) is 0 Å². The first kappa shape index (κ1) is 18.6. The van der Waals surface area contributed by atoms with Crippen LogP contribution in [0.3, 0.4) is 0 Å². The second-order valence-corrected chi connectivity index (χ2v) is 8.44. The van der Waals surface area contributed by atoms with Crippen molar-refractivity contribution in [2.24, 2.45) is 0 Å². The normalized spacial score (nSPS) is 12.5. The quantitative estimate of drug-likeness (QED) is 0.372. The molecule has 2 aromatic carbocycles. The van der Waals surface area contributed by atoms with Gasteiger partial charge in [0.15, 0.2) is 0 Å². The van der Waals surface area contributed by atoms with Gasteiger partial charge in [0, 0.05) is 15.6 Å². The first-order valence-corrected chi connectivity index (χ1v) is 8.85. The highest BCUT2D eigenvalue weighted by molar-refractivity contribution is 8.00. The first-order chi connectivity index (χ1) is 10.8. The zero-order chi connectivity index (χ0) is 16.9. The largest absolute Gasteiger partial charge is 0.321 e. The van der Waals surface area contributed by atoms with E-state index < -0.39 is 15.2 Å². The third kappa shape index (κ3) is 6.32. The Hall–Kier alpha value is -0.780. The number of alkyl halides is 3. The van der Waals surface area contributed by atoms with Crippen LogP contribution >= 0.6 is 58.2 Å². The maximum Gasteiger partial charge on any atom is 0.320 e. The van der Waals surface area contributed by atoms with Gasteiger partial charge in [0.25, 0.3) is 0 Å². The Morgan fingerprint density at radius 2 is 1.61 bits per heavy atom. The number of nitrogens with one attached hydrogen (secondary N) is 2. The van der Waals surface area contributed by atoms with Gasteiger partial charge in [0.05, 0.1) is 0 Å². The molecule has 23 heavy (non-hydrogen) atoms. The Morgan fingerprint density at radius 1 is 1.00 bits per heavy atom. The van der Waals surface area contributed by atoms with E-state index >= 15 is 0 Å². The summed E-state index contributed by atoms with van der Waals surface area (Å²) in [7, 11) is 0. The second kappa shape index (κ2) is 8.36. The van der Waals surface area contributed by atoms with Gasteiger partial charge < -0.3 is 10.6 Å². The van der Waals surface area contributed by atoms with Crippen LogP contribution in [0.2, 0.25) is 5.02 Å². The summed E-state index contributed by atoms with van der Waals surface area (Å²) in [4.78, 5) is 12.9. The third-order valence-corrected chi connectivity index (χ3v) is 5.20. The first-order valence-electron chi connectivity index (χ1n) is 6.46. The van der Waals surface area contributed by atoms with E-state index in [1.54, 1.807) is 36.4 Å². The summed E-state index contributed by atoms with van der Waals surface area (Å²) in [6.45, 7) is 0. The molecular formula is C15H12Cl4N2OS. The molecule has 0 unspecified atom stereocenters. The Bertz CT molecular complexity index is 647. The lowest BCUT2D eigenvalue weighted by atomic mass is 10.3. The predicted octanol–water partition coefficient (Wildman–Crippen LogP) is 5.95. The Kier molecular flexibility index (Phi) is 6.74. The molecule has 0 aliphatic heterocycles. The van der Waals surface area contributed by atoms with Gasteiger partial charge in [0.2, 0.25) is 3.79 Å². The van der Waals surface area contributed by atoms with Crippen molar-refractivity contribution in [2.75, 3.05) is 5.32 Å². The topological polar surface area (TPSA) is 41.1 Å². The molecule has 0 saturated carbocycles. The minimum Gasteiger partial charge on any atom is -0.321 e. The molecule has 0 aromatic heterocycles. The smallest absolute Gasteiger partial charge is 0.320 e. The summed E-state index contributed by atoms with van der Waals surface area (Å²) in [6, 6.07) is 15.5. The maximum absolute atomic E-state index is 12.1. The number of carbonyl (C=O) groups excluding carboxylic acids is 1. The number of rotatable bonds is 4. The summed E-state index contributed by atoms with van der Waals surface area (Å²) >= 11 is 25.0. The van der Waals surface area contributed by atoms with Crippen LogP contribution < -0.4 is 10.6 Å². The molecule has 1 atom stereocenters. The highest BCUT2D eigenvalue weighted by Crippen LogP contribution is 2.39. The molecule has 0 aliphatic rings. The molecule has 2 amide bonds. The molecule has 2 N–H and O–H groups in total. The van der Waals surface area contributed by atoms with Crippen molar-refractivity contribution in [2.45, 2.75) is 14.1 Å². The number of hydrogen-bond donors (Lipinski definition) is 2. The summed E-state index contributed by atoms with van der Waals surface area (Å²) in [5, 5.41) is 5.16. The molecule has 0 aliphatic carbocycles. The van der Waals surface area contributed by atoms with Crippen LogP contribution in [-0.2, 0) is 0 Å². The fourth-order valence-corrected chi connectivity index (χ4v) is 3.19. The lowest BCUT2D eigenvalue weighted by Crippen LogP contribution is -2.43. The van der Waals surface area contributed by atoms with Gasteiger partial charge in [-0.25, -0.2) is 4.79 Å². The molecule has 2 aromatic rings. The van der Waals surface area contributed by atoms with Crippen molar-refractivity contribution < 1.29 is 4.79 Å². The Balaban J connectivity index is 2.04.